The molecular formula is C14H25NO. The van der Waals surface area contributed by atoms with Gasteiger partial charge in [-0.25, -0.2) is 0 Å². The maximum absolute atomic E-state index is 6.48. The van der Waals surface area contributed by atoms with Gasteiger partial charge in [0.1, 0.15) is 0 Å². The topological polar surface area (TPSA) is 35.2 Å². The van der Waals surface area contributed by atoms with Crippen LogP contribution in [0.1, 0.15) is 57.8 Å². The van der Waals surface area contributed by atoms with E-state index in [0.29, 0.717) is 0 Å². The smallest absolute Gasteiger partial charge is 0.0867 e. The Morgan fingerprint density at radius 2 is 1.94 bits per heavy atom. The fourth-order valence-corrected chi connectivity index (χ4v) is 3.28. The van der Waals surface area contributed by atoms with Gasteiger partial charge in [0.05, 0.1) is 11.6 Å². The molecule has 16 heavy (non-hydrogen) atoms. The van der Waals surface area contributed by atoms with Crippen molar-refractivity contribution in [3.63, 3.8) is 0 Å². The maximum Gasteiger partial charge on any atom is 0.0867 e. The Balaban J connectivity index is 2.09. The molecule has 0 aliphatic heterocycles. The highest BCUT2D eigenvalue weighted by atomic mass is 16.5. The van der Waals surface area contributed by atoms with Gasteiger partial charge in [0.2, 0.25) is 0 Å². The van der Waals surface area contributed by atoms with Crippen molar-refractivity contribution in [2.45, 2.75) is 69.4 Å². The van der Waals surface area contributed by atoms with Crippen LogP contribution in [-0.2, 0) is 4.74 Å². The number of methoxy groups -OCH3 is 1. The first-order chi connectivity index (χ1) is 7.78. The van der Waals surface area contributed by atoms with E-state index in [0.717, 1.165) is 12.8 Å². The fraction of sp³-hybridized carbons (Fsp3) is 0.857. The molecular weight excluding hydrogens is 198 g/mol. The minimum absolute atomic E-state index is 0.0455. The van der Waals surface area contributed by atoms with E-state index in [1.165, 1.54) is 50.5 Å². The Hall–Kier alpha value is -0.340. The first kappa shape index (κ1) is 12.1. The molecule has 1 saturated carbocycles. The monoisotopic (exact) mass is 223 g/mol. The van der Waals surface area contributed by atoms with E-state index < -0.39 is 0 Å². The third-order valence-electron chi connectivity index (χ3n) is 4.40. The molecule has 0 aromatic rings. The van der Waals surface area contributed by atoms with Gasteiger partial charge in [0, 0.05) is 7.11 Å². The van der Waals surface area contributed by atoms with Crippen LogP contribution in [-0.4, -0.2) is 18.8 Å². The SMILES string of the molecule is COC1(C(N)C2=CCCCCC2)CCCC1. The molecule has 92 valence electrons. The van der Waals surface area contributed by atoms with Gasteiger partial charge in [0.25, 0.3) is 0 Å². The molecule has 2 aliphatic carbocycles. The lowest BCUT2D eigenvalue weighted by atomic mass is 9.85. The summed E-state index contributed by atoms with van der Waals surface area (Å²) >= 11 is 0. The molecule has 1 unspecified atom stereocenters. The summed E-state index contributed by atoms with van der Waals surface area (Å²) in [6.45, 7) is 0. The summed E-state index contributed by atoms with van der Waals surface area (Å²) in [5.74, 6) is 0. The van der Waals surface area contributed by atoms with Crippen LogP contribution < -0.4 is 5.73 Å². The highest BCUT2D eigenvalue weighted by Crippen LogP contribution is 2.38. The summed E-state index contributed by atoms with van der Waals surface area (Å²) in [4.78, 5) is 0. The minimum Gasteiger partial charge on any atom is -0.376 e. The van der Waals surface area contributed by atoms with E-state index in [1.807, 2.05) is 7.11 Å². The van der Waals surface area contributed by atoms with E-state index in [2.05, 4.69) is 6.08 Å². The summed E-state index contributed by atoms with van der Waals surface area (Å²) in [6, 6.07) is 0.137. The van der Waals surface area contributed by atoms with Crippen molar-refractivity contribution in [3.8, 4) is 0 Å². The zero-order valence-corrected chi connectivity index (χ0v) is 10.5. The molecule has 1 fully saturated rings. The van der Waals surface area contributed by atoms with E-state index in [9.17, 15) is 0 Å². The van der Waals surface area contributed by atoms with Crippen LogP contribution in [0.4, 0.5) is 0 Å². The summed E-state index contributed by atoms with van der Waals surface area (Å²) in [6.07, 6.45) is 13.6. The van der Waals surface area contributed by atoms with Crippen LogP contribution in [0.15, 0.2) is 11.6 Å². The number of nitrogens with two attached hydrogens (primary N) is 1. The Bertz CT molecular complexity index is 253. The van der Waals surface area contributed by atoms with Crippen LogP contribution in [0, 0.1) is 0 Å². The average molecular weight is 223 g/mol. The normalized spacial score (nSPS) is 27.2. The molecule has 0 heterocycles. The van der Waals surface area contributed by atoms with Crippen molar-refractivity contribution in [2.24, 2.45) is 5.73 Å². The van der Waals surface area contributed by atoms with Crippen LogP contribution in [0.2, 0.25) is 0 Å². The Morgan fingerprint density at radius 1 is 1.19 bits per heavy atom. The number of hydrogen-bond acceptors (Lipinski definition) is 2. The van der Waals surface area contributed by atoms with Crippen LogP contribution in [0.5, 0.6) is 0 Å². The first-order valence-electron chi connectivity index (χ1n) is 6.78. The molecule has 0 bridgehead atoms. The molecule has 0 spiro atoms. The number of hydrogen-bond donors (Lipinski definition) is 1. The number of allylic oxidation sites excluding steroid dienone is 1. The maximum atomic E-state index is 6.48. The Morgan fingerprint density at radius 3 is 2.62 bits per heavy atom. The molecule has 1 atom stereocenters. The van der Waals surface area contributed by atoms with Crippen molar-refractivity contribution >= 4 is 0 Å². The lowest BCUT2D eigenvalue weighted by Crippen LogP contribution is -2.48. The summed E-state index contributed by atoms with van der Waals surface area (Å²) < 4.78 is 5.79. The highest BCUT2D eigenvalue weighted by Gasteiger charge is 2.41. The van der Waals surface area contributed by atoms with Gasteiger partial charge in [-0.15, -0.1) is 0 Å². The Kier molecular flexibility index (Phi) is 4.04. The van der Waals surface area contributed by atoms with Gasteiger partial charge >= 0.3 is 0 Å². The van der Waals surface area contributed by atoms with E-state index in [-0.39, 0.29) is 11.6 Å². The molecule has 2 nitrogen and oxygen atoms in total. The lowest BCUT2D eigenvalue weighted by Gasteiger charge is -2.35. The van der Waals surface area contributed by atoms with Crippen LogP contribution in [0.3, 0.4) is 0 Å². The van der Waals surface area contributed by atoms with Crippen LogP contribution >= 0.6 is 0 Å². The van der Waals surface area contributed by atoms with E-state index in [1.54, 1.807) is 0 Å². The lowest BCUT2D eigenvalue weighted by molar-refractivity contribution is -0.0174. The summed E-state index contributed by atoms with van der Waals surface area (Å²) in [5, 5.41) is 0. The third-order valence-corrected chi connectivity index (χ3v) is 4.40. The van der Waals surface area contributed by atoms with E-state index >= 15 is 0 Å². The largest absolute Gasteiger partial charge is 0.376 e. The average Bonchev–Trinajstić information content (AvgIpc) is 2.64. The predicted octanol–water partition coefficient (Wildman–Crippen LogP) is 3.16. The second-order valence-electron chi connectivity index (χ2n) is 5.33. The van der Waals surface area contributed by atoms with Gasteiger partial charge in [-0.3, -0.25) is 0 Å². The molecule has 2 heteroatoms. The van der Waals surface area contributed by atoms with Gasteiger partial charge in [-0.2, -0.15) is 0 Å². The molecule has 0 amide bonds. The summed E-state index contributed by atoms with van der Waals surface area (Å²) in [7, 11) is 1.84. The van der Waals surface area contributed by atoms with Gasteiger partial charge in [0.15, 0.2) is 0 Å². The summed E-state index contributed by atoms with van der Waals surface area (Å²) in [5.41, 5.74) is 7.89. The third kappa shape index (κ3) is 2.33. The predicted molar refractivity (Wildman–Crippen MR) is 67.4 cm³/mol. The second-order valence-corrected chi connectivity index (χ2v) is 5.33. The van der Waals surface area contributed by atoms with Gasteiger partial charge in [-0.1, -0.05) is 30.9 Å². The fourth-order valence-electron chi connectivity index (χ4n) is 3.28. The highest BCUT2D eigenvalue weighted by molar-refractivity contribution is 5.18. The van der Waals surface area contributed by atoms with Crippen molar-refractivity contribution < 1.29 is 4.74 Å². The quantitative estimate of drug-likeness (QED) is 0.746. The molecule has 0 aromatic carbocycles. The number of ether oxygens (including phenoxy) is 1. The second kappa shape index (κ2) is 5.33. The van der Waals surface area contributed by atoms with Gasteiger partial charge in [-0.05, 0) is 38.5 Å². The first-order valence-corrected chi connectivity index (χ1v) is 6.78. The molecule has 2 rings (SSSR count). The number of rotatable bonds is 3. The van der Waals surface area contributed by atoms with Crippen molar-refractivity contribution in [3.05, 3.63) is 11.6 Å². The molecule has 2 aliphatic rings. The standard InChI is InChI=1S/C14H25NO/c1-16-14(10-6-7-11-14)13(15)12-8-4-2-3-5-9-12/h8,13H,2-7,9-11,15H2,1H3. The van der Waals surface area contributed by atoms with Crippen molar-refractivity contribution in [1.82, 2.24) is 0 Å². The van der Waals surface area contributed by atoms with E-state index in [4.69, 9.17) is 10.5 Å². The molecule has 0 aromatic heterocycles. The van der Waals surface area contributed by atoms with Crippen molar-refractivity contribution in [1.29, 1.82) is 0 Å². The van der Waals surface area contributed by atoms with Gasteiger partial charge < -0.3 is 10.5 Å². The van der Waals surface area contributed by atoms with Crippen molar-refractivity contribution in [2.75, 3.05) is 7.11 Å². The Labute approximate surface area is 99.2 Å². The molecule has 0 saturated heterocycles. The molecule has 2 N–H and O–H groups in total. The molecule has 0 radical (unpaired) electrons. The minimum atomic E-state index is -0.0455. The van der Waals surface area contributed by atoms with Crippen LogP contribution in [0.25, 0.3) is 0 Å². The zero-order chi connectivity index (χ0) is 11.4. The zero-order valence-electron chi connectivity index (χ0n) is 10.5.